The molecule has 4 aromatic carbocycles. The molecule has 17 heteroatoms. The molecule has 10 rings (SSSR count). The van der Waals surface area contributed by atoms with E-state index in [1.807, 2.05) is 18.2 Å². The summed E-state index contributed by atoms with van der Waals surface area (Å²) in [6.45, 7) is 5.77. The van der Waals surface area contributed by atoms with Gasteiger partial charge in [0.2, 0.25) is 5.88 Å². The van der Waals surface area contributed by atoms with Crippen LogP contribution in [-0.2, 0) is 0 Å². The molecule has 0 saturated carbocycles. The van der Waals surface area contributed by atoms with Gasteiger partial charge in [-0.1, -0.05) is 19.0 Å². The van der Waals surface area contributed by atoms with Gasteiger partial charge >= 0.3 is 0 Å². The fraction of sp³-hybridized carbons (Fsp3) is 0.347. The molecule has 2 aliphatic rings. The fourth-order valence-corrected chi connectivity index (χ4v) is 8.11. The molecule has 0 bridgehead atoms. The molecule has 3 N–H and O–H groups in total. The van der Waals surface area contributed by atoms with Gasteiger partial charge in [0.25, 0.3) is 0 Å². The van der Waals surface area contributed by atoms with Gasteiger partial charge in [0.1, 0.15) is 17.8 Å². The molecular formula is C49H55ClF2N8O6. The first kappa shape index (κ1) is 47.5. The number of nitrogens with one attached hydrogen (secondary N) is 2. The summed E-state index contributed by atoms with van der Waals surface area (Å²) in [5, 5.41) is 11.6. The zero-order valence-electron chi connectivity index (χ0n) is 36.6. The van der Waals surface area contributed by atoms with E-state index in [2.05, 4.69) is 53.8 Å². The Hall–Kier alpha value is -6.49. The quantitative estimate of drug-likeness (QED) is 0.112. The summed E-state index contributed by atoms with van der Waals surface area (Å²) in [5.74, 6) is 2.70. The normalized spacial score (nSPS) is 14.8. The van der Waals surface area contributed by atoms with Crippen molar-refractivity contribution in [1.29, 1.82) is 0 Å². The first-order valence-corrected chi connectivity index (χ1v) is 21.8. The zero-order chi connectivity index (χ0) is 45.5. The van der Waals surface area contributed by atoms with Crippen LogP contribution in [0.3, 0.4) is 0 Å². The van der Waals surface area contributed by atoms with E-state index in [-0.39, 0.29) is 24.8 Å². The van der Waals surface area contributed by atoms with Crippen molar-refractivity contribution in [3.05, 3.63) is 102 Å². The first-order chi connectivity index (χ1) is 31.6. The number of fused-ring (bicyclic) bond motifs is 4. The number of aromatic amines is 2. The number of rotatable bonds is 10. The molecule has 2 aliphatic heterocycles. The summed E-state index contributed by atoms with van der Waals surface area (Å²) in [6, 6.07) is 16.9. The highest BCUT2D eigenvalue weighted by atomic mass is 35.5. The highest BCUT2D eigenvalue weighted by Crippen LogP contribution is 2.38. The van der Waals surface area contributed by atoms with Gasteiger partial charge in [-0.05, 0) is 126 Å². The second-order valence-corrected chi connectivity index (χ2v) is 16.6. The number of H-pyrrole nitrogens is 2. The lowest BCUT2D eigenvalue weighted by Gasteiger charge is -2.28. The van der Waals surface area contributed by atoms with Gasteiger partial charge in [0, 0.05) is 51.7 Å². The van der Waals surface area contributed by atoms with Crippen LogP contribution < -0.4 is 23.7 Å². The van der Waals surface area contributed by atoms with Crippen molar-refractivity contribution in [3.63, 3.8) is 0 Å². The Morgan fingerprint density at radius 1 is 0.621 bits per heavy atom. The number of ether oxygens (including phenoxy) is 5. The maximum atomic E-state index is 14.9. The lowest BCUT2D eigenvalue weighted by atomic mass is 9.98. The lowest BCUT2D eigenvalue weighted by molar-refractivity contribution is 0.157. The van der Waals surface area contributed by atoms with E-state index in [1.165, 1.54) is 31.6 Å². The van der Waals surface area contributed by atoms with Crippen LogP contribution in [0, 0.1) is 23.5 Å². The minimum atomic E-state index is -0.566. The molecule has 6 heterocycles. The predicted molar refractivity (Wildman–Crippen MR) is 254 cm³/mol. The highest BCUT2D eigenvalue weighted by molar-refractivity contribution is 6.34. The van der Waals surface area contributed by atoms with Crippen LogP contribution in [0.4, 0.5) is 8.78 Å². The summed E-state index contributed by atoms with van der Waals surface area (Å²) in [7, 11) is 7.52. The number of phenols is 1. The number of hydrogen-bond donors (Lipinski definition) is 3. The van der Waals surface area contributed by atoms with Gasteiger partial charge in [-0.2, -0.15) is 0 Å². The topological polar surface area (TPSA) is 156 Å². The van der Waals surface area contributed by atoms with Crippen molar-refractivity contribution in [1.82, 2.24) is 39.7 Å². The maximum absolute atomic E-state index is 14.9. The molecule has 66 heavy (non-hydrogen) atoms. The van der Waals surface area contributed by atoms with Crippen molar-refractivity contribution in [3.8, 4) is 40.4 Å². The van der Waals surface area contributed by atoms with Crippen LogP contribution in [0.15, 0.2) is 85.7 Å². The van der Waals surface area contributed by atoms with Crippen LogP contribution >= 0.6 is 11.6 Å². The summed E-state index contributed by atoms with van der Waals surface area (Å²) in [5.41, 5.74) is 2.80. The minimum absolute atomic E-state index is 0. The Balaban J connectivity index is 0.000000164. The molecule has 8 aromatic rings. The maximum Gasteiger partial charge on any atom is 0.230 e. The van der Waals surface area contributed by atoms with E-state index >= 15 is 0 Å². The van der Waals surface area contributed by atoms with Crippen LogP contribution in [0.25, 0.3) is 43.6 Å². The molecule has 2 fully saturated rings. The van der Waals surface area contributed by atoms with Gasteiger partial charge in [0.15, 0.2) is 46.1 Å². The van der Waals surface area contributed by atoms with Crippen LogP contribution in [0.2, 0.25) is 5.15 Å². The number of aromatic hydroxyl groups is 1. The van der Waals surface area contributed by atoms with E-state index in [0.717, 1.165) is 49.9 Å². The number of hydrogen-bond acceptors (Lipinski definition) is 12. The number of piperidine rings is 2. The zero-order valence-corrected chi connectivity index (χ0v) is 37.4. The molecule has 2 saturated heterocycles. The molecule has 14 nitrogen and oxygen atoms in total. The second kappa shape index (κ2) is 21.7. The van der Waals surface area contributed by atoms with Crippen LogP contribution in [-0.4, -0.2) is 113 Å². The number of halogens is 3. The smallest absolute Gasteiger partial charge is 0.230 e. The molecule has 0 amide bonds. The van der Waals surface area contributed by atoms with Gasteiger partial charge in [0.05, 0.1) is 43.9 Å². The molecule has 0 unspecified atom stereocenters. The fourth-order valence-electron chi connectivity index (χ4n) is 7.92. The number of phenolic OH excluding ortho intramolecular Hbond substituents is 1. The average molecular weight is 925 g/mol. The number of aromatic nitrogens is 6. The van der Waals surface area contributed by atoms with E-state index < -0.39 is 11.6 Å². The van der Waals surface area contributed by atoms with Gasteiger partial charge in [-0.25, -0.2) is 28.7 Å². The Labute approximate surface area is 386 Å². The first-order valence-electron chi connectivity index (χ1n) is 21.4. The predicted octanol–water partition coefficient (Wildman–Crippen LogP) is 10.4. The largest absolute Gasteiger partial charge is 0.505 e. The Bertz CT molecular complexity index is 2880. The third-order valence-corrected chi connectivity index (χ3v) is 12.2. The van der Waals surface area contributed by atoms with Gasteiger partial charge in [-0.3, -0.25) is 0 Å². The molecule has 0 spiro atoms. The Morgan fingerprint density at radius 3 is 1.68 bits per heavy atom. The van der Waals surface area contributed by atoms with Crippen molar-refractivity contribution in [2.75, 3.05) is 67.7 Å². The van der Waals surface area contributed by atoms with Crippen molar-refractivity contribution in [2.45, 2.75) is 33.1 Å². The van der Waals surface area contributed by atoms with Crippen molar-refractivity contribution in [2.24, 2.45) is 11.8 Å². The Kier molecular flexibility index (Phi) is 15.6. The number of likely N-dealkylation sites (tertiary alicyclic amines) is 2. The van der Waals surface area contributed by atoms with E-state index in [1.54, 1.807) is 63.0 Å². The minimum Gasteiger partial charge on any atom is -0.505 e. The summed E-state index contributed by atoms with van der Waals surface area (Å²) >= 11 is 6.10. The standard InChI is InChI=1S/C24H25FN4O3.C16H20ClN3O2.C8H6FNO.CH4/c1-29-9-6-15(7-10-29)13-31-22-12-19-17(11-21(22)30-2)24(28-14-27-19)32-20-4-3-18-16(23(20)25)5-8-26-18;1-20-5-3-11(4-6-20)9-22-15-8-13-12(7-14(15)21-2)16(17)19-10-18-13;9-8-5-3-4-10-6(5)1-2-7(8)11;/h3-5,8,11-12,14-15,26H,6-7,9-10,13H2,1-2H3;7-8,10-11H,3-6,9H2,1-2H3;1-4,10-11H;1H4. The van der Waals surface area contributed by atoms with E-state index in [9.17, 15) is 8.78 Å². The van der Waals surface area contributed by atoms with Gasteiger partial charge < -0.3 is 48.6 Å². The summed E-state index contributed by atoms with van der Waals surface area (Å²) in [4.78, 5) is 27.3. The lowest BCUT2D eigenvalue weighted by Crippen LogP contribution is -2.32. The number of nitrogens with zero attached hydrogens (tertiary/aromatic N) is 6. The van der Waals surface area contributed by atoms with Crippen molar-refractivity contribution < 1.29 is 37.6 Å². The molecule has 0 radical (unpaired) electrons. The van der Waals surface area contributed by atoms with Crippen LogP contribution in [0.1, 0.15) is 33.1 Å². The van der Waals surface area contributed by atoms with E-state index in [0.29, 0.717) is 85.9 Å². The SMILES string of the molecule is C.COc1cc2c(Cl)ncnc2cc1OCC1CCN(C)CC1.COc1cc2c(Oc3ccc4[nH]ccc4c3F)ncnc2cc1OCC1CCN(C)CC1.Oc1ccc2[nH]ccc2c1F. The highest BCUT2D eigenvalue weighted by Gasteiger charge is 2.21. The monoisotopic (exact) mass is 924 g/mol. The third kappa shape index (κ3) is 10.9. The van der Waals surface area contributed by atoms with E-state index in [4.69, 9.17) is 40.4 Å². The molecule has 348 valence electrons. The van der Waals surface area contributed by atoms with Gasteiger partial charge in [-0.15, -0.1) is 0 Å². The summed E-state index contributed by atoms with van der Waals surface area (Å²) in [6.07, 6.45) is 10.7. The average Bonchev–Trinajstić information content (AvgIpc) is 4.02. The molecule has 0 aliphatic carbocycles. The second-order valence-electron chi connectivity index (χ2n) is 16.3. The molecule has 0 atom stereocenters. The number of methoxy groups -OCH3 is 2. The number of benzene rings is 4. The third-order valence-electron chi connectivity index (χ3n) is 11.9. The molecule has 4 aromatic heterocycles. The Morgan fingerprint density at radius 2 is 1.12 bits per heavy atom. The summed E-state index contributed by atoms with van der Waals surface area (Å²) < 4.78 is 56.8. The molecular weight excluding hydrogens is 870 g/mol. The van der Waals surface area contributed by atoms with Crippen molar-refractivity contribution >= 4 is 55.2 Å². The van der Waals surface area contributed by atoms with Crippen LogP contribution in [0.5, 0.6) is 40.4 Å².